The van der Waals surface area contributed by atoms with Gasteiger partial charge in [-0.2, -0.15) is 0 Å². The first-order valence-corrected chi connectivity index (χ1v) is 7.63. The van der Waals surface area contributed by atoms with Crippen molar-refractivity contribution in [1.29, 1.82) is 0 Å². The Morgan fingerprint density at radius 1 is 1.33 bits per heavy atom. The van der Waals surface area contributed by atoms with Crippen molar-refractivity contribution in [3.8, 4) is 0 Å². The first-order chi connectivity index (χ1) is 8.70. The molecule has 0 saturated carbocycles. The minimum atomic E-state index is 0.0613. The van der Waals surface area contributed by atoms with Crippen molar-refractivity contribution in [1.82, 2.24) is 4.90 Å². The maximum Gasteiger partial charge on any atom is 0.253 e. The van der Waals surface area contributed by atoms with E-state index in [4.69, 9.17) is 0 Å². The van der Waals surface area contributed by atoms with E-state index in [1.54, 1.807) is 16.2 Å². The van der Waals surface area contributed by atoms with Gasteiger partial charge in [-0.15, -0.1) is 11.3 Å². The summed E-state index contributed by atoms with van der Waals surface area (Å²) in [5, 5.41) is 2.79. The lowest BCUT2D eigenvalue weighted by molar-refractivity contribution is 0.0786. The highest BCUT2D eigenvalue weighted by Crippen LogP contribution is 2.14. The smallest absolute Gasteiger partial charge is 0.253 e. The molecule has 0 saturated heterocycles. The van der Waals surface area contributed by atoms with Crippen LogP contribution in [0, 0.1) is 0 Å². The van der Waals surface area contributed by atoms with Gasteiger partial charge >= 0.3 is 0 Å². The number of hydrogen-bond donors (Lipinski definition) is 0. The van der Waals surface area contributed by atoms with Crippen molar-refractivity contribution in [3.05, 3.63) is 57.8 Å². The van der Waals surface area contributed by atoms with E-state index in [9.17, 15) is 4.79 Å². The number of nitrogens with zero attached hydrogens (tertiary/aromatic N) is 1. The third-order valence-electron chi connectivity index (χ3n) is 2.65. The van der Waals surface area contributed by atoms with Gasteiger partial charge in [-0.1, -0.05) is 34.1 Å². The second kappa shape index (κ2) is 6.16. The van der Waals surface area contributed by atoms with Gasteiger partial charge in [-0.25, -0.2) is 0 Å². The average Bonchev–Trinajstić information content (AvgIpc) is 2.90. The van der Waals surface area contributed by atoms with Crippen LogP contribution >= 0.6 is 27.3 Å². The largest absolute Gasteiger partial charge is 0.337 e. The number of halogens is 1. The summed E-state index contributed by atoms with van der Waals surface area (Å²) in [6, 6.07) is 11.8. The fourth-order valence-corrected chi connectivity index (χ4v) is 2.82. The molecule has 2 rings (SSSR count). The van der Waals surface area contributed by atoms with Crippen LogP contribution in [0.5, 0.6) is 0 Å². The van der Waals surface area contributed by atoms with Gasteiger partial charge in [0.25, 0.3) is 5.91 Å². The lowest BCUT2D eigenvalue weighted by Gasteiger charge is -2.16. The Morgan fingerprint density at radius 2 is 2.17 bits per heavy atom. The van der Waals surface area contributed by atoms with Gasteiger partial charge in [-0.05, 0) is 29.1 Å². The summed E-state index contributed by atoms with van der Waals surface area (Å²) >= 11 is 5.07. The normalized spacial score (nSPS) is 10.3. The molecule has 0 N–H and O–H groups in total. The second-order valence-electron chi connectivity index (χ2n) is 4.07. The summed E-state index contributed by atoms with van der Waals surface area (Å²) in [6.07, 6.45) is 0. The van der Waals surface area contributed by atoms with Crippen molar-refractivity contribution in [2.75, 3.05) is 7.05 Å². The lowest BCUT2D eigenvalue weighted by Crippen LogP contribution is -2.25. The maximum absolute atomic E-state index is 12.3. The van der Waals surface area contributed by atoms with Gasteiger partial charge in [0, 0.05) is 22.8 Å². The fourth-order valence-electron chi connectivity index (χ4n) is 1.72. The van der Waals surface area contributed by atoms with E-state index in [0.29, 0.717) is 6.54 Å². The molecule has 2 nitrogen and oxygen atoms in total. The highest BCUT2D eigenvalue weighted by molar-refractivity contribution is 9.08. The summed E-state index contributed by atoms with van der Waals surface area (Å²) in [7, 11) is 1.84. The molecule has 0 unspecified atom stereocenters. The molecule has 0 fully saturated rings. The van der Waals surface area contributed by atoms with Crippen LogP contribution in [0.15, 0.2) is 41.8 Å². The Labute approximate surface area is 119 Å². The average molecular weight is 324 g/mol. The van der Waals surface area contributed by atoms with E-state index in [-0.39, 0.29) is 5.91 Å². The van der Waals surface area contributed by atoms with Crippen molar-refractivity contribution in [2.45, 2.75) is 11.9 Å². The highest BCUT2D eigenvalue weighted by atomic mass is 79.9. The van der Waals surface area contributed by atoms with Gasteiger partial charge in [0.1, 0.15) is 0 Å². The molecule has 18 heavy (non-hydrogen) atoms. The van der Waals surface area contributed by atoms with Crippen LogP contribution in [0.25, 0.3) is 0 Å². The SMILES string of the molecule is CN(Cc1cccs1)C(=O)c1cccc(CBr)c1. The summed E-state index contributed by atoms with van der Waals surface area (Å²) in [5.41, 5.74) is 1.86. The van der Waals surface area contributed by atoms with E-state index in [1.807, 2.05) is 48.8 Å². The predicted octanol–water partition coefficient (Wildman–Crippen LogP) is 3.92. The van der Waals surface area contributed by atoms with Crippen LogP contribution in [0.2, 0.25) is 0 Å². The van der Waals surface area contributed by atoms with E-state index in [1.165, 1.54) is 4.88 Å². The molecule has 0 aliphatic heterocycles. The quantitative estimate of drug-likeness (QED) is 0.781. The van der Waals surface area contributed by atoms with Gasteiger partial charge in [-0.3, -0.25) is 4.79 Å². The third-order valence-corrected chi connectivity index (χ3v) is 4.16. The number of benzene rings is 1. The third kappa shape index (κ3) is 3.21. The molecule has 0 aliphatic rings. The number of thiophene rings is 1. The number of hydrogen-bond acceptors (Lipinski definition) is 2. The standard InChI is InChI=1S/C14H14BrNOS/c1-16(10-13-6-3-7-18-13)14(17)12-5-2-4-11(8-12)9-15/h2-8H,9-10H2,1H3. The number of alkyl halides is 1. The van der Waals surface area contributed by atoms with E-state index in [2.05, 4.69) is 15.9 Å². The van der Waals surface area contributed by atoms with E-state index in [0.717, 1.165) is 16.5 Å². The van der Waals surface area contributed by atoms with Gasteiger partial charge in [0.2, 0.25) is 0 Å². The Balaban J connectivity index is 2.10. The molecule has 4 heteroatoms. The maximum atomic E-state index is 12.3. The fraction of sp³-hybridized carbons (Fsp3) is 0.214. The van der Waals surface area contributed by atoms with Gasteiger partial charge in [0.05, 0.1) is 6.54 Å². The summed E-state index contributed by atoms with van der Waals surface area (Å²) < 4.78 is 0. The molecule has 0 bridgehead atoms. The number of carbonyl (C=O) groups excluding carboxylic acids is 1. The molecule has 94 valence electrons. The Morgan fingerprint density at radius 3 is 2.83 bits per heavy atom. The van der Waals surface area contributed by atoms with E-state index < -0.39 is 0 Å². The molecular weight excluding hydrogens is 310 g/mol. The van der Waals surface area contributed by atoms with Crippen LogP contribution in [-0.2, 0) is 11.9 Å². The monoisotopic (exact) mass is 323 g/mol. The Hall–Kier alpha value is -1.13. The lowest BCUT2D eigenvalue weighted by atomic mass is 10.1. The zero-order chi connectivity index (χ0) is 13.0. The zero-order valence-corrected chi connectivity index (χ0v) is 12.5. The topological polar surface area (TPSA) is 20.3 Å². The number of rotatable bonds is 4. The van der Waals surface area contributed by atoms with Crippen molar-refractivity contribution < 1.29 is 4.79 Å². The van der Waals surface area contributed by atoms with E-state index >= 15 is 0 Å². The molecule has 0 radical (unpaired) electrons. The predicted molar refractivity (Wildman–Crippen MR) is 79.2 cm³/mol. The molecule has 1 heterocycles. The molecule has 2 aromatic rings. The highest BCUT2D eigenvalue weighted by Gasteiger charge is 2.12. The number of amides is 1. The molecule has 1 amide bonds. The van der Waals surface area contributed by atoms with Crippen molar-refractivity contribution in [3.63, 3.8) is 0 Å². The Bertz CT molecular complexity index is 524. The second-order valence-corrected chi connectivity index (χ2v) is 5.67. The zero-order valence-electron chi connectivity index (χ0n) is 10.1. The summed E-state index contributed by atoms with van der Waals surface area (Å²) in [6.45, 7) is 0.662. The first-order valence-electron chi connectivity index (χ1n) is 5.63. The van der Waals surface area contributed by atoms with Crippen LogP contribution in [0.1, 0.15) is 20.8 Å². The molecule has 1 aromatic heterocycles. The Kier molecular flexibility index (Phi) is 4.55. The molecule has 0 atom stereocenters. The van der Waals surface area contributed by atoms with Crippen molar-refractivity contribution in [2.24, 2.45) is 0 Å². The summed E-state index contributed by atoms with van der Waals surface area (Å²) in [4.78, 5) is 15.2. The first kappa shape index (κ1) is 13.3. The van der Waals surface area contributed by atoms with Crippen LogP contribution in [-0.4, -0.2) is 17.9 Å². The van der Waals surface area contributed by atoms with Crippen LogP contribution in [0.3, 0.4) is 0 Å². The minimum Gasteiger partial charge on any atom is -0.337 e. The summed E-state index contributed by atoms with van der Waals surface area (Å²) in [5.74, 6) is 0.0613. The van der Waals surface area contributed by atoms with Crippen LogP contribution in [0.4, 0.5) is 0 Å². The molecule has 0 aliphatic carbocycles. The number of carbonyl (C=O) groups is 1. The van der Waals surface area contributed by atoms with Crippen molar-refractivity contribution >= 4 is 33.2 Å². The molecular formula is C14H14BrNOS. The van der Waals surface area contributed by atoms with Gasteiger partial charge in [0.15, 0.2) is 0 Å². The van der Waals surface area contributed by atoms with Gasteiger partial charge < -0.3 is 4.90 Å². The minimum absolute atomic E-state index is 0.0613. The molecule has 0 spiro atoms. The van der Waals surface area contributed by atoms with Crippen LogP contribution < -0.4 is 0 Å². The molecule has 1 aromatic carbocycles.